The van der Waals surface area contributed by atoms with Gasteiger partial charge in [-0.2, -0.15) is 0 Å². The molecule has 1 aliphatic carbocycles. The Bertz CT molecular complexity index is 431. The molecule has 1 saturated heterocycles. The van der Waals surface area contributed by atoms with Crippen molar-refractivity contribution >= 4 is 11.6 Å². The zero-order valence-corrected chi connectivity index (χ0v) is 11.8. The molecule has 2 heteroatoms. The van der Waals surface area contributed by atoms with Gasteiger partial charge >= 0.3 is 0 Å². The molecular formula is C16H22ClN. The van der Waals surface area contributed by atoms with Crippen molar-refractivity contribution in [3.8, 4) is 0 Å². The largest absolute Gasteiger partial charge is 0.316 e. The highest BCUT2D eigenvalue weighted by Gasteiger charge is 2.47. The smallest absolute Gasteiger partial charge is 0.0408 e. The molecule has 3 unspecified atom stereocenters. The summed E-state index contributed by atoms with van der Waals surface area (Å²) >= 11 is 6.18. The average Bonchev–Trinajstić information content (AvgIpc) is 2.72. The summed E-state index contributed by atoms with van der Waals surface area (Å²) in [6.07, 6.45) is 5.52. The summed E-state index contributed by atoms with van der Waals surface area (Å²) in [6.45, 7) is 4.75. The number of hydrogen-bond acceptors (Lipinski definition) is 1. The monoisotopic (exact) mass is 263 g/mol. The first-order chi connectivity index (χ1) is 8.72. The van der Waals surface area contributed by atoms with E-state index in [0.29, 0.717) is 11.3 Å². The van der Waals surface area contributed by atoms with Gasteiger partial charge in [-0.05, 0) is 48.4 Å². The fraction of sp³-hybridized carbons (Fsp3) is 0.625. The third-order valence-corrected chi connectivity index (χ3v) is 5.56. The molecule has 1 aromatic carbocycles. The van der Waals surface area contributed by atoms with Crippen LogP contribution in [0.4, 0.5) is 0 Å². The molecule has 1 heterocycles. The van der Waals surface area contributed by atoms with Crippen LogP contribution in [0.25, 0.3) is 0 Å². The summed E-state index contributed by atoms with van der Waals surface area (Å²) in [7, 11) is 0. The first-order valence-electron chi connectivity index (χ1n) is 7.18. The van der Waals surface area contributed by atoms with E-state index < -0.39 is 0 Å². The van der Waals surface area contributed by atoms with E-state index in [2.05, 4.69) is 30.4 Å². The summed E-state index contributed by atoms with van der Waals surface area (Å²) in [5, 5.41) is 4.46. The lowest BCUT2D eigenvalue weighted by Gasteiger charge is -2.45. The van der Waals surface area contributed by atoms with Crippen LogP contribution in [0, 0.1) is 11.3 Å². The Balaban J connectivity index is 1.97. The molecular weight excluding hydrogens is 242 g/mol. The van der Waals surface area contributed by atoms with Crippen molar-refractivity contribution in [2.24, 2.45) is 11.3 Å². The minimum Gasteiger partial charge on any atom is -0.316 e. The van der Waals surface area contributed by atoms with Crippen LogP contribution in [-0.4, -0.2) is 13.1 Å². The number of halogens is 1. The van der Waals surface area contributed by atoms with Gasteiger partial charge in [0.1, 0.15) is 0 Å². The number of benzene rings is 1. The van der Waals surface area contributed by atoms with Gasteiger partial charge in [-0.25, -0.2) is 0 Å². The van der Waals surface area contributed by atoms with Gasteiger partial charge in [0.2, 0.25) is 0 Å². The summed E-state index contributed by atoms with van der Waals surface area (Å²) in [6, 6.07) is 8.51. The zero-order chi connectivity index (χ0) is 12.6. The Morgan fingerprint density at radius 3 is 2.94 bits per heavy atom. The number of piperidine rings is 1. The van der Waals surface area contributed by atoms with Crippen LogP contribution in [0.5, 0.6) is 0 Å². The molecule has 18 heavy (non-hydrogen) atoms. The quantitative estimate of drug-likeness (QED) is 0.800. The predicted molar refractivity (Wildman–Crippen MR) is 77.1 cm³/mol. The van der Waals surface area contributed by atoms with E-state index in [1.54, 1.807) is 0 Å². The van der Waals surface area contributed by atoms with Crippen LogP contribution in [0.1, 0.15) is 44.1 Å². The van der Waals surface area contributed by atoms with E-state index in [0.717, 1.165) is 17.5 Å². The fourth-order valence-electron chi connectivity index (χ4n) is 4.28. The minimum atomic E-state index is 0.524. The van der Waals surface area contributed by atoms with Crippen molar-refractivity contribution in [2.45, 2.75) is 38.5 Å². The highest BCUT2D eigenvalue weighted by molar-refractivity contribution is 6.30. The minimum absolute atomic E-state index is 0.524. The average molecular weight is 264 g/mol. The normalized spacial score (nSPS) is 36.1. The van der Waals surface area contributed by atoms with Gasteiger partial charge in [-0.15, -0.1) is 0 Å². The molecule has 3 rings (SSSR count). The van der Waals surface area contributed by atoms with E-state index in [9.17, 15) is 0 Å². The summed E-state index contributed by atoms with van der Waals surface area (Å²) in [5.74, 6) is 1.49. The Morgan fingerprint density at radius 1 is 1.33 bits per heavy atom. The van der Waals surface area contributed by atoms with Gasteiger partial charge in [0, 0.05) is 17.5 Å². The van der Waals surface area contributed by atoms with Gasteiger partial charge in [0.05, 0.1) is 0 Å². The Kier molecular flexibility index (Phi) is 3.38. The molecule has 3 atom stereocenters. The third kappa shape index (κ3) is 1.98. The maximum absolute atomic E-state index is 6.18. The second kappa shape index (κ2) is 4.86. The highest BCUT2D eigenvalue weighted by Crippen LogP contribution is 2.55. The Morgan fingerprint density at radius 2 is 2.22 bits per heavy atom. The molecule has 0 amide bonds. The third-order valence-electron chi connectivity index (χ3n) is 5.32. The molecule has 2 fully saturated rings. The maximum Gasteiger partial charge on any atom is 0.0408 e. The molecule has 0 radical (unpaired) electrons. The topological polar surface area (TPSA) is 12.0 Å². The summed E-state index contributed by atoms with van der Waals surface area (Å²) < 4.78 is 0. The van der Waals surface area contributed by atoms with Crippen molar-refractivity contribution < 1.29 is 0 Å². The molecule has 1 saturated carbocycles. The highest BCUT2D eigenvalue weighted by atomic mass is 35.5. The van der Waals surface area contributed by atoms with Crippen molar-refractivity contribution in [2.75, 3.05) is 13.1 Å². The van der Waals surface area contributed by atoms with Crippen LogP contribution < -0.4 is 5.32 Å². The van der Waals surface area contributed by atoms with E-state index in [1.165, 1.54) is 37.8 Å². The van der Waals surface area contributed by atoms with E-state index in [4.69, 9.17) is 11.6 Å². The summed E-state index contributed by atoms with van der Waals surface area (Å²) in [4.78, 5) is 0. The molecule has 1 N–H and O–H groups in total. The summed E-state index contributed by atoms with van der Waals surface area (Å²) in [5.41, 5.74) is 1.96. The van der Waals surface area contributed by atoms with Crippen LogP contribution in [0.3, 0.4) is 0 Å². The van der Waals surface area contributed by atoms with E-state index in [-0.39, 0.29) is 0 Å². The lowest BCUT2D eigenvalue weighted by Crippen LogP contribution is -2.45. The number of rotatable bonds is 1. The number of nitrogens with one attached hydrogen (secondary N) is 1. The van der Waals surface area contributed by atoms with Crippen LogP contribution in [0.2, 0.25) is 5.02 Å². The van der Waals surface area contributed by atoms with Crippen LogP contribution in [0.15, 0.2) is 24.3 Å². The molecule has 1 spiro atoms. The molecule has 0 aromatic heterocycles. The molecule has 2 aliphatic rings. The first-order valence-corrected chi connectivity index (χ1v) is 7.56. The first kappa shape index (κ1) is 12.5. The second-order valence-electron chi connectivity index (χ2n) is 6.09. The van der Waals surface area contributed by atoms with Gasteiger partial charge in [0.25, 0.3) is 0 Å². The van der Waals surface area contributed by atoms with Crippen molar-refractivity contribution in [3.05, 3.63) is 34.9 Å². The Hall–Kier alpha value is -0.530. The maximum atomic E-state index is 6.18. The van der Waals surface area contributed by atoms with Gasteiger partial charge in [-0.1, -0.05) is 43.5 Å². The zero-order valence-electron chi connectivity index (χ0n) is 11.1. The van der Waals surface area contributed by atoms with Crippen LogP contribution in [-0.2, 0) is 0 Å². The second-order valence-corrected chi connectivity index (χ2v) is 6.52. The van der Waals surface area contributed by atoms with Crippen molar-refractivity contribution in [1.29, 1.82) is 0 Å². The lowest BCUT2D eigenvalue weighted by atomic mass is 9.63. The SMILES string of the molecule is CC1CCCC12CCNCC2c1cccc(Cl)c1. The van der Waals surface area contributed by atoms with Gasteiger partial charge in [-0.3, -0.25) is 0 Å². The van der Waals surface area contributed by atoms with Crippen molar-refractivity contribution in [3.63, 3.8) is 0 Å². The fourth-order valence-corrected chi connectivity index (χ4v) is 4.48. The van der Waals surface area contributed by atoms with Crippen LogP contribution >= 0.6 is 11.6 Å². The van der Waals surface area contributed by atoms with Gasteiger partial charge in [0.15, 0.2) is 0 Å². The van der Waals surface area contributed by atoms with Crippen molar-refractivity contribution in [1.82, 2.24) is 5.32 Å². The molecule has 98 valence electrons. The van der Waals surface area contributed by atoms with E-state index >= 15 is 0 Å². The molecule has 1 aliphatic heterocycles. The molecule has 1 nitrogen and oxygen atoms in total. The lowest BCUT2D eigenvalue weighted by molar-refractivity contribution is 0.116. The van der Waals surface area contributed by atoms with E-state index in [1.807, 2.05) is 6.07 Å². The van der Waals surface area contributed by atoms with Gasteiger partial charge < -0.3 is 5.32 Å². The predicted octanol–water partition coefficient (Wildman–Crippen LogP) is 4.22. The number of hydrogen-bond donors (Lipinski definition) is 1. The molecule has 1 aromatic rings. The standard InChI is InChI=1S/C16H22ClN/c1-12-4-3-7-16(12)8-9-18-11-15(16)13-5-2-6-14(17)10-13/h2,5-6,10,12,15,18H,3-4,7-9,11H2,1H3. The molecule has 0 bridgehead atoms. The Labute approximate surface area is 115 Å².